The van der Waals surface area contributed by atoms with E-state index in [1.807, 2.05) is 34.7 Å². The smallest absolute Gasteiger partial charge is 0.0872 e. The fourth-order valence-electron chi connectivity index (χ4n) is 1.79. The van der Waals surface area contributed by atoms with E-state index < -0.39 is 5.60 Å². The van der Waals surface area contributed by atoms with Crippen LogP contribution in [0.2, 0.25) is 0 Å². The van der Waals surface area contributed by atoms with Crippen LogP contribution in [0.25, 0.3) is 0 Å². The molecule has 1 aromatic heterocycles. The Balaban J connectivity index is 3.12. The minimum atomic E-state index is -0.935. The van der Waals surface area contributed by atoms with Crippen molar-refractivity contribution < 1.29 is 5.11 Å². The summed E-state index contributed by atoms with van der Waals surface area (Å²) >= 11 is 3.51. The number of aromatic nitrogens is 2. The summed E-state index contributed by atoms with van der Waals surface area (Å²) in [6.45, 7) is 8.16. The average molecular weight is 304 g/mol. The Bertz CT molecular complexity index is 409. The number of aliphatic hydroxyl groups is 1. The number of aryl methyl sites for hydroxylation is 2. The van der Waals surface area contributed by atoms with Crippen molar-refractivity contribution in [2.24, 2.45) is 18.2 Å². The van der Waals surface area contributed by atoms with Crippen molar-refractivity contribution >= 4 is 15.9 Å². The predicted octanol–water partition coefficient (Wildman–Crippen LogP) is 1.77. The van der Waals surface area contributed by atoms with Crippen LogP contribution in [0.5, 0.6) is 0 Å². The van der Waals surface area contributed by atoms with Gasteiger partial charge in [0.15, 0.2) is 0 Å². The zero-order chi connectivity index (χ0) is 13.4. The van der Waals surface area contributed by atoms with Gasteiger partial charge >= 0.3 is 0 Å². The lowest BCUT2D eigenvalue weighted by molar-refractivity contribution is -0.0504. The Hall–Kier alpha value is -0.390. The van der Waals surface area contributed by atoms with Gasteiger partial charge in [-0.25, -0.2) is 0 Å². The molecule has 1 atom stereocenters. The van der Waals surface area contributed by atoms with Gasteiger partial charge in [-0.05, 0) is 28.3 Å². The number of hydrogen-bond acceptors (Lipinski definition) is 3. The quantitative estimate of drug-likeness (QED) is 0.894. The standard InChI is InChI=1S/C12H22BrN3O/c1-8-10(13)9(16(5)15-8)6-12(17,7-14)11(2,3)4/h17H,6-7,14H2,1-5H3. The summed E-state index contributed by atoms with van der Waals surface area (Å²) in [5.41, 5.74) is 6.44. The van der Waals surface area contributed by atoms with Crippen LogP contribution in [0.4, 0.5) is 0 Å². The summed E-state index contributed by atoms with van der Waals surface area (Å²) in [7, 11) is 1.88. The lowest BCUT2D eigenvalue weighted by Crippen LogP contribution is -2.51. The van der Waals surface area contributed by atoms with E-state index in [9.17, 15) is 5.11 Å². The van der Waals surface area contributed by atoms with Gasteiger partial charge in [-0.1, -0.05) is 20.8 Å². The molecule has 0 aliphatic carbocycles. The lowest BCUT2D eigenvalue weighted by Gasteiger charge is -2.39. The third-order valence-electron chi connectivity index (χ3n) is 3.46. The van der Waals surface area contributed by atoms with Gasteiger partial charge < -0.3 is 10.8 Å². The summed E-state index contributed by atoms with van der Waals surface area (Å²) in [5.74, 6) is 0. The maximum atomic E-state index is 10.7. The zero-order valence-corrected chi connectivity index (χ0v) is 12.8. The highest BCUT2D eigenvalue weighted by atomic mass is 79.9. The second-order valence-corrected chi connectivity index (χ2v) is 6.43. The molecule has 1 aromatic rings. The van der Waals surface area contributed by atoms with Gasteiger partial charge in [-0.15, -0.1) is 0 Å². The number of nitrogens with zero attached hydrogens (tertiary/aromatic N) is 2. The van der Waals surface area contributed by atoms with Crippen molar-refractivity contribution in [3.63, 3.8) is 0 Å². The molecule has 0 saturated heterocycles. The molecular weight excluding hydrogens is 282 g/mol. The molecule has 17 heavy (non-hydrogen) atoms. The molecule has 0 bridgehead atoms. The van der Waals surface area contributed by atoms with Gasteiger partial charge in [-0.3, -0.25) is 4.68 Å². The molecule has 1 unspecified atom stereocenters. The molecule has 0 saturated carbocycles. The molecule has 5 heteroatoms. The Kier molecular flexibility index (Phi) is 4.06. The van der Waals surface area contributed by atoms with Crippen molar-refractivity contribution in [1.29, 1.82) is 0 Å². The van der Waals surface area contributed by atoms with Crippen LogP contribution in [0, 0.1) is 12.3 Å². The molecule has 1 heterocycles. The highest BCUT2D eigenvalue weighted by molar-refractivity contribution is 9.10. The fourth-order valence-corrected chi connectivity index (χ4v) is 2.27. The van der Waals surface area contributed by atoms with Crippen LogP contribution in [0.15, 0.2) is 4.47 Å². The first-order valence-corrected chi connectivity index (χ1v) is 6.52. The van der Waals surface area contributed by atoms with Crippen molar-refractivity contribution in [2.45, 2.75) is 39.7 Å². The van der Waals surface area contributed by atoms with Crippen LogP contribution in [-0.2, 0) is 13.5 Å². The largest absolute Gasteiger partial charge is 0.388 e. The third kappa shape index (κ3) is 2.72. The van der Waals surface area contributed by atoms with E-state index in [2.05, 4.69) is 21.0 Å². The molecule has 0 aliphatic rings. The highest BCUT2D eigenvalue weighted by Gasteiger charge is 2.40. The van der Waals surface area contributed by atoms with Crippen molar-refractivity contribution in [3.8, 4) is 0 Å². The van der Waals surface area contributed by atoms with Gasteiger partial charge in [0.1, 0.15) is 0 Å². The minimum Gasteiger partial charge on any atom is -0.388 e. The number of rotatable bonds is 3. The first-order valence-electron chi connectivity index (χ1n) is 5.73. The van der Waals surface area contributed by atoms with Crippen LogP contribution < -0.4 is 5.73 Å². The topological polar surface area (TPSA) is 64.1 Å². The van der Waals surface area contributed by atoms with E-state index >= 15 is 0 Å². The Morgan fingerprint density at radius 1 is 1.41 bits per heavy atom. The normalized spacial score (nSPS) is 16.0. The average Bonchev–Trinajstić information content (AvgIpc) is 2.43. The SMILES string of the molecule is Cc1nn(C)c(CC(O)(CN)C(C)(C)C)c1Br. The van der Waals surface area contributed by atoms with Crippen LogP contribution in [0.1, 0.15) is 32.2 Å². The fraction of sp³-hybridized carbons (Fsp3) is 0.750. The van der Waals surface area contributed by atoms with Crippen LogP contribution >= 0.6 is 15.9 Å². The molecule has 4 nitrogen and oxygen atoms in total. The molecule has 98 valence electrons. The maximum absolute atomic E-state index is 10.7. The second-order valence-electron chi connectivity index (χ2n) is 5.63. The summed E-state index contributed by atoms with van der Waals surface area (Å²) in [4.78, 5) is 0. The lowest BCUT2D eigenvalue weighted by atomic mass is 9.74. The molecule has 0 radical (unpaired) electrons. The van der Waals surface area contributed by atoms with Gasteiger partial charge in [0, 0.05) is 20.0 Å². The second kappa shape index (κ2) is 4.71. The molecule has 1 rings (SSSR count). The predicted molar refractivity (Wildman–Crippen MR) is 72.8 cm³/mol. The Morgan fingerprint density at radius 3 is 2.24 bits per heavy atom. The van der Waals surface area contributed by atoms with E-state index in [1.54, 1.807) is 4.68 Å². The van der Waals surface area contributed by atoms with Crippen molar-refractivity contribution in [3.05, 3.63) is 15.9 Å². The molecule has 0 aromatic carbocycles. The molecule has 0 spiro atoms. The van der Waals surface area contributed by atoms with Gasteiger partial charge in [-0.2, -0.15) is 5.10 Å². The molecule has 3 N–H and O–H groups in total. The van der Waals surface area contributed by atoms with E-state index in [-0.39, 0.29) is 12.0 Å². The van der Waals surface area contributed by atoms with E-state index in [0.29, 0.717) is 6.42 Å². The van der Waals surface area contributed by atoms with Crippen molar-refractivity contribution in [2.75, 3.05) is 6.54 Å². The first-order chi connectivity index (χ1) is 7.62. The van der Waals surface area contributed by atoms with Gasteiger partial charge in [0.25, 0.3) is 0 Å². The van der Waals surface area contributed by atoms with E-state index in [1.165, 1.54) is 0 Å². The van der Waals surface area contributed by atoms with Crippen molar-refractivity contribution in [1.82, 2.24) is 9.78 Å². The van der Waals surface area contributed by atoms with Crippen LogP contribution in [-0.4, -0.2) is 27.0 Å². The van der Waals surface area contributed by atoms with E-state index in [4.69, 9.17) is 5.73 Å². The summed E-state index contributed by atoms with van der Waals surface area (Å²) in [6, 6.07) is 0. The maximum Gasteiger partial charge on any atom is 0.0872 e. The Labute approximate surface area is 111 Å². The first kappa shape index (κ1) is 14.7. The van der Waals surface area contributed by atoms with E-state index in [0.717, 1.165) is 15.9 Å². The zero-order valence-electron chi connectivity index (χ0n) is 11.2. The molecule has 0 amide bonds. The summed E-state index contributed by atoms with van der Waals surface area (Å²) in [6.07, 6.45) is 0.491. The highest BCUT2D eigenvalue weighted by Crippen LogP contribution is 2.34. The molecule has 0 fully saturated rings. The van der Waals surface area contributed by atoms with Crippen LogP contribution in [0.3, 0.4) is 0 Å². The number of hydrogen-bond donors (Lipinski definition) is 2. The minimum absolute atomic E-state index is 0.229. The Morgan fingerprint density at radius 2 is 1.94 bits per heavy atom. The molecule has 0 aliphatic heterocycles. The number of nitrogens with two attached hydrogens (primary N) is 1. The summed E-state index contributed by atoms with van der Waals surface area (Å²) < 4.78 is 2.75. The molecular formula is C12H22BrN3O. The van der Waals surface area contributed by atoms with Gasteiger partial charge in [0.2, 0.25) is 0 Å². The summed E-state index contributed by atoms with van der Waals surface area (Å²) in [5, 5.41) is 15.0. The van der Waals surface area contributed by atoms with Gasteiger partial charge in [0.05, 0.1) is 21.5 Å². The third-order valence-corrected chi connectivity index (χ3v) is 4.49. The monoisotopic (exact) mass is 303 g/mol. The number of halogens is 1.